The number of rotatable bonds is 3. The first-order chi connectivity index (χ1) is 9.10. The van der Waals surface area contributed by atoms with Crippen LogP contribution in [0.15, 0.2) is 36.5 Å². The van der Waals surface area contributed by atoms with Crippen LogP contribution in [0, 0.1) is 6.92 Å². The number of aromatic nitrogens is 1. The molecule has 0 unspecified atom stereocenters. The highest BCUT2D eigenvalue weighted by Gasteiger charge is 2.08. The third-order valence-corrected chi connectivity index (χ3v) is 3.17. The summed E-state index contributed by atoms with van der Waals surface area (Å²) in [4.78, 5) is 16.0. The molecule has 0 saturated heterocycles. The molecule has 0 aliphatic heterocycles. The van der Waals surface area contributed by atoms with Crippen LogP contribution < -0.4 is 5.32 Å². The quantitative estimate of drug-likeness (QED) is 0.923. The highest BCUT2D eigenvalue weighted by atomic mass is 35.5. The number of nitrogens with one attached hydrogen (secondary N) is 1. The van der Waals surface area contributed by atoms with Gasteiger partial charge in [0, 0.05) is 16.9 Å². The molecule has 2 aromatic rings. The van der Waals surface area contributed by atoms with E-state index in [1.165, 1.54) is 17.3 Å². The maximum Gasteiger partial charge on any atom is 0.274 e. The van der Waals surface area contributed by atoms with Crippen LogP contribution in [0.25, 0.3) is 0 Å². The Hall–Kier alpha value is -1.87. The van der Waals surface area contributed by atoms with E-state index in [0.717, 1.165) is 12.1 Å². The Morgan fingerprint density at radius 3 is 2.74 bits per heavy atom. The highest BCUT2D eigenvalue weighted by Crippen LogP contribution is 2.17. The number of benzene rings is 1. The Morgan fingerprint density at radius 1 is 1.32 bits per heavy atom. The van der Waals surface area contributed by atoms with Crippen molar-refractivity contribution in [3.8, 4) is 0 Å². The van der Waals surface area contributed by atoms with Crippen LogP contribution >= 0.6 is 11.6 Å². The van der Waals surface area contributed by atoms with E-state index in [-0.39, 0.29) is 5.91 Å². The Bertz CT molecular complexity index is 611. The minimum Gasteiger partial charge on any atom is -0.321 e. The fourth-order valence-electron chi connectivity index (χ4n) is 1.89. The summed E-state index contributed by atoms with van der Waals surface area (Å²) in [5.41, 5.74) is 3.52. The van der Waals surface area contributed by atoms with Crippen molar-refractivity contribution in [2.75, 3.05) is 5.32 Å². The van der Waals surface area contributed by atoms with E-state index in [2.05, 4.69) is 17.2 Å². The van der Waals surface area contributed by atoms with Crippen LogP contribution in [-0.4, -0.2) is 10.9 Å². The van der Waals surface area contributed by atoms with Gasteiger partial charge in [0.2, 0.25) is 0 Å². The van der Waals surface area contributed by atoms with Crippen LogP contribution in [0.3, 0.4) is 0 Å². The van der Waals surface area contributed by atoms with Crippen LogP contribution in [0.4, 0.5) is 5.69 Å². The molecular formula is C15H15ClN2O. The molecule has 0 atom stereocenters. The van der Waals surface area contributed by atoms with E-state index in [1.54, 1.807) is 12.1 Å². The minimum atomic E-state index is -0.258. The van der Waals surface area contributed by atoms with Gasteiger partial charge in [-0.25, -0.2) is 0 Å². The summed E-state index contributed by atoms with van der Waals surface area (Å²) in [5.74, 6) is -0.258. The number of pyridine rings is 1. The van der Waals surface area contributed by atoms with Gasteiger partial charge in [-0.2, -0.15) is 0 Å². The number of anilines is 1. The summed E-state index contributed by atoms with van der Waals surface area (Å²) in [5, 5.41) is 3.32. The zero-order valence-electron chi connectivity index (χ0n) is 10.9. The molecule has 1 amide bonds. The predicted octanol–water partition coefficient (Wildman–Crippen LogP) is 3.86. The number of hydrogen-bond donors (Lipinski definition) is 1. The predicted molar refractivity (Wildman–Crippen MR) is 77.8 cm³/mol. The van der Waals surface area contributed by atoms with E-state index in [9.17, 15) is 4.79 Å². The average molecular weight is 275 g/mol. The Labute approximate surface area is 117 Å². The third-order valence-electron chi connectivity index (χ3n) is 2.94. The Balaban J connectivity index is 2.17. The van der Waals surface area contributed by atoms with Gasteiger partial charge in [0.15, 0.2) is 0 Å². The van der Waals surface area contributed by atoms with Crippen molar-refractivity contribution in [2.45, 2.75) is 20.3 Å². The summed E-state index contributed by atoms with van der Waals surface area (Å²) in [7, 11) is 0. The number of carbonyl (C=O) groups excluding carboxylic acids is 1. The lowest BCUT2D eigenvalue weighted by Crippen LogP contribution is -2.13. The van der Waals surface area contributed by atoms with Gasteiger partial charge in [0.1, 0.15) is 5.69 Å². The number of halogens is 1. The van der Waals surface area contributed by atoms with Crippen LogP contribution in [0.1, 0.15) is 28.5 Å². The van der Waals surface area contributed by atoms with Gasteiger partial charge in [-0.3, -0.25) is 9.78 Å². The lowest BCUT2D eigenvalue weighted by Gasteiger charge is -2.08. The lowest BCUT2D eigenvalue weighted by molar-refractivity contribution is 0.102. The smallest absolute Gasteiger partial charge is 0.274 e. The van der Waals surface area contributed by atoms with Crippen molar-refractivity contribution in [1.82, 2.24) is 4.98 Å². The maximum absolute atomic E-state index is 12.0. The zero-order valence-corrected chi connectivity index (χ0v) is 11.7. The van der Waals surface area contributed by atoms with Crippen molar-refractivity contribution in [2.24, 2.45) is 0 Å². The van der Waals surface area contributed by atoms with Gasteiger partial charge >= 0.3 is 0 Å². The molecule has 0 saturated carbocycles. The summed E-state index contributed by atoms with van der Waals surface area (Å²) < 4.78 is 0. The molecule has 0 radical (unpaired) electrons. The largest absolute Gasteiger partial charge is 0.321 e. The fourth-order valence-corrected chi connectivity index (χ4v) is 2.05. The second kappa shape index (κ2) is 5.85. The molecule has 1 N–H and O–H groups in total. The van der Waals surface area contributed by atoms with Crippen molar-refractivity contribution in [3.05, 3.63) is 58.4 Å². The summed E-state index contributed by atoms with van der Waals surface area (Å²) >= 11 is 5.84. The van der Waals surface area contributed by atoms with E-state index in [0.29, 0.717) is 10.7 Å². The van der Waals surface area contributed by atoms with Gasteiger partial charge < -0.3 is 5.32 Å². The van der Waals surface area contributed by atoms with E-state index < -0.39 is 0 Å². The fraction of sp³-hybridized carbons (Fsp3) is 0.200. The first-order valence-corrected chi connectivity index (χ1v) is 6.50. The van der Waals surface area contributed by atoms with E-state index in [4.69, 9.17) is 11.6 Å². The number of carbonyl (C=O) groups is 1. The van der Waals surface area contributed by atoms with Gasteiger partial charge in [0.25, 0.3) is 5.91 Å². The molecule has 98 valence electrons. The molecule has 0 bridgehead atoms. The molecule has 3 nitrogen and oxygen atoms in total. The second-order valence-electron chi connectivity index (χ2n) is 4.31. The molecule has 1 aromatic carbocycles. The maximum atomic E-state index is 12.0. The summed E-state index contributed by atoms with van der Waals surface area (Å²) in [6.45, 7) is 4.14. The second-order valence-corrected chi connectivity index (χ2v) is 4.74. The number of aryl methyl sites for hydroxylation is 2. The number of amides is 1. The molecule has 19 heavy (non-hydrogen) atoms. The summed E-state index contributed by atoms with van der Waals surface area (Å²) in [6.07, 6.45) is 2.50. The Kier molecular flexibility index (Phi) is 4.17. The first-order valence-electron chi connectivity index (χ1n) is 6.12. The molecule has 0 aliphatic rings. The zero-order chi connectivity index (χ0) is 13.8. The minimum absolute atomic E-state index is 0.258. The van der Waals surface area contributed by atoms with Crippen molar-refractivity contribution in [1.29, 1.82) is 0 Å². The van der Waals surface area contributed by atoms with Gasteiger partial charge in [-0.1, -0.05) is 24.6 Å². The summed E-state index contributed by atoms with van der Waals surface area (Å²) in [6, 6.07) is 9.06. The van der Waals surface area contributed by atoms with Crippen molar-refractivity contribution < 1.29 is 4.79 Å². The molecule has 0 aliphatic carbocycles. The number of hydrogen-bond acceptors (Lipinski definition) is 2. The lowest BCUT2D eigenvalue weighted by atomic mass is 10.1. The van der Waals surface area contributed by atoms with Crippen LogP contribution in [0.2, 0.25) is 5.02 Å². The molecule has 0 spiro atoms. The molecule has 2 rings (SSSR count). The highest BCUT2D eigenvalue weighted by molar-refractivity contribution is 6.30. The van der Waals surface area contributed by atoms with Gasteiger partial charge in [0.05, 0.1) is 0 Å². The monoisotopic (exact) mass is 274 g/mol. The standard InChI is InChI=1S/C15H15ClN2O/c1-3-11-4-5-13(8-10(11)2)18-15(19)14-9-12(16)6-7-17-14/h4-9H,3H2,1-2H3,(H,18,19). The van der Waals surface area contributed by atoms with Crippen LogP contribution in [0.5, 0.6) is 0 Å². The average Bonchev–Trinajstić information content (AvgIpc) is 2.39. The normalized spacial score (nSPS) is 10.3. The molecule has 0 fully saturated rings. The molecule has 1 aromatic heterocycles. The first kappa shape index (κ1) is 13.6. The van der Waals surface area contributed by atoms with E-state index >= 15 is 0 Å². The van der Waals surface area contributed by atoms with Gasteiger partial charge in [-0.05, 0) is 48.7 Å². The molecule has 4 heteroatoms. The van der Waals surface area contributed by atoms with Crippen molar-refractivity contribution in [3.63, 3.8) is 0 Å². The Morgan fingerprint density at radius 2 is 2.11 bits per heavy atom. The van der Waals surface area contributed by atoms with Crippen LogP contribution in [-0.2, 0) is 6.42 Å². The SMILES string of the molecule is CCc1ccc(NC(=O)c2cc(Cl)ccn2)cc1C. The molecular weight excluding hydrogens is 260 g/mol. The van der Waals surface area contributed by atoms with E-state index in [1.807, 2.05) is 25.1 Å². The van der Waals surface area contributed by atoms with Gasteiger partial charge in [-0.15, -0.1) is 0 Å². The molecule has 1 heterocycles. The topological polar surface area (TPSA) is 42.0 Å². The third kappa shape index (κ3) is 3.32. The number of nitrogens with zero attached hydrogens (tertiary/aromatic N) is 1. The van der Waals surface area contributed by atoms with Crippen molar-refractivity contribution >= 4 is 23.2 Å².